The Balaban J connectivity index is 1.62. The zero-order valence-electron chi connectivity index (χ0n) is 26.2. The normalized spacial score (nSPS) is 30.8. The number of hydrogen-bond donors (Lipinski definition) is 1. The molecule has 1 aromatic rings. The number of anilines is 1. The molecule has 1 aromatic carbocycles. The summed E-state index contributed by atoms with van der Waals surface area (Å²) < 4.78 is 12.7. The predicted octanol–water partition coefficient (Wildman–Crippen LogP) is 3.95. The van der Waals surface area contributed by atoms with E-state index in [0.29, 0.717) is 44.1 Å². The fourth-order valence-corrected chi connectivity index (χ4v) is 7.60. The lowest BCUT2D eigenvalue weighted by Gasteiger charge is -2.41. The molecular formula is C34H47N3O6. The molecule has 2 saturated heterocycles. The highest BCUT2D eigenvalue weighted by atomic mass is 16.5. The van der Waals surface area contributed by atoms with Gasteiger partial charge in [-0.2, -0.15) is 0 Å². The molecule has 2 fully saturated rings. The molecule has 0 radical (unpaired) electrons. The van der Waals surface area contributed by atoms with Crippen LogP contribution in [0, 0.1) is 17.8 Å². The standard InChI is InChI=1S/C34H47N3O6/c1-6-9-10-19-35-20-12-18-34-28(31(40)37(29(34)32(35)41)26(22-38)23(4)5)27-30(39)36(21-11-17-33(27,7-2)43-34)24-13-15-25(16-14-24)42-8-3/h11-18,23,26-29,38H,6-10,19-22H2,1-5H3/t26-,27-,28-,29?,33+,34-/m0/s1. The first kappa shape index (κ1) is 31.3. The summed E-state index contributed by atoms with van der Waals surface area (Å²) in [6.07, 6.45) is 11.1. The van der Waals surface area contributed by atoms with E-state index in [1.54, 1.807) is 9.80 Å². The number of unbranched alkanes of at least 4 members (excludes halogenated alkanes) is 2. The minimum absolute atomic E-state index is 0.112. The second kappa shape index (κ2) is 12.4. The molecule has 3 amide bonds. The third kappa shape index (κ3) is 5.08. The van der Waals surface area contributed by atoms with E-state index in [4.69, 9.17) is 9.47 Å². The molecule has 1 spiro atoms. The molecule has 6 atom stereocenters. The fourth-order valence-electron chi connectivity index (χ4n) is 7.60. The van der Waals surface area contributed by atoms with Crippen LogP contribution in [0.4, 0.5) is 5.69 Å². The summed E-state index contributed by atoms with van der Waals surface area (Å²) in [5.41, 5.74) is -1.69. The average Bonchev–Trinajstić information content (AvgIpc) is 3.28. The minimum Gasteiger partial charge on any atom is -0.494 e. The first-order chi connectivity index (χ1) is 20.7. The van der Waals surface area contributed by atoms with E-state index in [1.165, 1.54) is 0 Å². The van der Waals surface area contributed by atoms with Crippen molar-refractivity contribution in [1.29, 1.82) is 0 Å². The van der Waals surface area contributed by atoms with Gasteiger partial charge in [-0.05, 0) is 49.9 Å². The number of benzene rings is 1. The molecule has 0 aliphatic carbocycles. The van der Waals surface area contributed by atoms with E-state index in [0.717, 1.165) is 19.3 Å². The number of fused-ring (bicyclic) bond motifs is 2. The number of ether oxygens (including phenoxy) is 2. The van der Waals surface area contributed by atoms with Crippen molar-refractivity contribution in [3.8, 4) is 5.75 Å². The van der Waals surface area contributed by atoms with E-state index in [1.807, 2.05) is 81.2 Å². The van der Waals surface area contributed by atoms with Gasteiger partial charge < -0.3 is 29.3 Å². The topological polar surface area (TPSA) is 99.6 Å². The molecule has 234 valence electrons. The zero-order valence-corrected chi connectivity index (χ0v) is 26.2. The van der Waals surface area contributed by atoms with Gasteiger partial charge in [0.1, 0.15) is 17.4 Å². The summed E-state index contributed by atoms with van der Waals surface area (Å²) in [7, 11) is 0. The van der Waals surface area contributed by atoms with E-state index >= 15 is 0 Å². The summed E-state index contributed by atoms with van der Waals surface area (Å²) in [5.74, 6) is -1.85. The zero-order chi connectivity index (χ0) is 30.9. The molecule has 1 N–H and O–H groups in total. The smallest absolute Gasteiger partial charge is 0.249 e. The van der Waals surface area contributed by atoms with Gasteiger partial charge in [0.15, 0.2) is 0 Å². The van der Waals surface area contributed by atoms with Crippen molar-refractivity contribution in [1.82, 2.24) is 9.80 Å². The van der Waals surface area contributed by atoms with Crippen molar-refractivity contribution in [2.24, 2.45) is 17.8 Å². The van der Waals surface area contributed by atoms with E-state index < -0.39 is 35.1 Å². The fraction of sp³-hybridized carbons (Fsp3) is 0.618. The van der Waals surface area contributed by atoms with Crippen molar-refractivity contribution < 1.29 is 29.0 Å². The maximum Gasteiger partial charge on any atom is 0.249 e. The number of nitrogens with zero attached hydrogens (tertiary/aromatic N) is 3. The van der Waals surface area contributed by atoms with Gasteiger partial charge in [-0.3, -0.25) is 14.4 Å². The van der Waals surface area contributed by atoms with Crippen molar-refractivity contribution in [3.63, 3.8) is 0 Å². The molecule has 5 rings (SSSR count). The average molecular weight is 594 g/mol. The van der Waals surface area contributed by atoms with E-state index in [-0.39, 0.29) is 30.2 Å². The minimum atomic E-state index is -1.33. The Morgan fingerprint density at radius 3 is 2.30 bits per heavy atom. The predicted molar refractivity (Wildman–Crippen MR) is 165 cm³/mol. The highest BCUT2D eigenvalue weighted by molar-refractivity contribution is 6.04. The Bertz CT molecular complexity index is 1260. The van der Waals surface area contributed by atoms with Gasteiger partial charge >= 0.3 is 0 Å². The molecule has 0 bridgehead atoms. The molecule has 4 aliphatic heterocycles. The number of hydrogen-bond acceptors (Lipinski definition) is 6. The van der Waals surface area contributed by atoms with Crippen LogP contribution in [0.1, 0.15) is 60.3 Å². The quantitative estimate of drug-likeness (QED) is 0.308. The van der Waals surface area contributed by atoms with Crippen LogP contribution >= 0.6 is 0 Å². The van der Waals surface area contributed by atoms with Crippen LogP contribution in [0.15, 0.2) is 48.6 Å². The third-order valence-electron chi connectivity index (χ3n) is 9.77. The largest absolute Gasteiger partial charge is 0.494 e. The summed E-state index contributed by atoms with van der Waals surface area (Å²) >= 11 is 0. The van der Waals surface area contributed by atoms with Crippen molar-refractivity contribution in [3.05, 3.63) is 48.6 Å². The SMILES string of the molecule is CCCCCN1CC=C[C@]23O[C@]4(CC)C=CCN(c5ccc(OCC)cc5)C(=O)[C@@H]4[C@H]2C(=O)N([C@@H](CO)C(C)C)C3C1=O. The molecule has 9 heteroatoms. The molecule has 1 unspecified atom stereocenters. The third-order valence-corrected chi connectivity index (χ3v) is 9.77. The lowest BCUT2D eigenvalue weighted by Crippen LogP contribution is -2.59. The Morgan fingerprint density at radius 2 is 1.67 bits per heavy atom. The Kier molecular flexibility index (Phi) is 9.05. The van der Waals surface area contributed by atoms with Crippen LogP contribution in [0.25, 0.3) is 0 Å². The number of carbonyl (C=O) groups is 3. The lowest BCUT2D eigenvalue weighted by molar-refractivity contribution is -0.156. The van der Waals surface area contributed by atoms with Crippen molar-refractivity contribution in [2.45, 2.75) is 83.6 Å². The van der Waals surface area contributed by atoms with Gasteiger partial charge in [0.05, 0.1) is 36.7 Å². The van der Waals surface area contributed by atoms with Crippen LogP contribution in [0.3, 0.4) is 0 Å². The first-order valence-corrected chi connectivity index (χ1v) is 16.0. The molecule has 4 heterocycles. The molecule has 43 heavy (non-hydrogen) atoms. The van der Waals surface area contributed by atoms with Gasteiger partial charge in [-0.15, -0.1) is 0 Å². The number of aliphatic hydroxyl groups excluding tert-OH is 1. The second-order valence-corrected chi connectivity index (χ2v) is 12.5. The highest BCUT2D eigenvalue weighted by Crippen LogP contribution is 2.59. The van der Waals surface area contributed by atoms with Gasteiger partial charge in [0.2, 0.25) is 17.7 Å². The van der Waals surface area contributed by atoms with E-state index in [2.05, 4.69) is 6.92 Å². The van der Waals surface area contributed by atoms with Gasteiger partial charge in [-0.25, -0.2) is 0 Å². The number of carbonyl (C=O) groups excluding carboxylic acids is 3. The first-order valence-electron chi connectivity index (χ1n) is 16.0. The van der Waals surface area contributed by atoms with Gasteiger partial charge in [0, 0.05) is 25.3 Å². The summed E-state index contributed by atoms with van der Waals surface area (Å²) in [5, 5.41) is 10.5. The number of likely N-dealkylation sites (tertiary alicyclic amines) is 1. The monoisotopic (exact) mass is 593 g/mol. The van der Waals surface area contributed by atoms with Gasteiger partial charge in [-0.1, -0.05) is 64.8 Å². The maximum atomic E-state index is 14.7. The van der Waals surface area contributed by atoms with E-state index in [9.17, 15) is 19.5 Å². The maximum absolute atomic E-state index is 14.7. The van der Waals surface area contributed by atoms with Crippen molar-refractivity contribution in [2.75, 3.05) is 37.7 Å². The van der Waals surface area contributed by atoms with Crippen LogP contribution in [-0.2, 0) is 19.1 Å². The van der Waals surface area contributed by atoms with Crippen LogP contribution in [-0.4, -0.2) is 88.8 Å². The van der Waals surface area contributed by atoms with Crippen molar-refractivity contribution >= 4 is 23.4 Å². The number of amides is 3. The summed E-state index contributed by atoms with van der Waals surface area (Å²) in [6, 6.07) is 5.83. The molecule has 9 nitrogen and oxygen atoms in total. The summed E-state index contributed by atoms with van der Waals surface area (Å²) in [6.45, 7) is 11.5. The Labute approximate surface area is 255 Å². The Morgan fingerprint density at radius 1 is 0.953 bits per heavy atom. The van der Waals surface area contributed by atoms with Gasteiger partial charge in [0.25, 0.3) is 0 Å². The van der Waals surface area contributed by atoms with Crippen LogP contribution in [0.5, 0.6) is 5.75 Å². The lowest BCUT2D eigenvalue weighted by atomic mass is 9.73. The molecular weight excluding hydrogens is 546 g/mol. The van der Waals surface area contributed by atoms with Crippen LogP contribution in [0.2, 0.25) is 0 Å². The Hall–Kier alpha value is -3.17. The molecule has 0 saturated carbocycles. The molecule has 0 aromatic heterocycles. The second-order valence-electron chi connectivity index (χ2n) is 12.5. The highest BCUT2D eigenvalue weighted by Gasteiger charge is 2.76. The summed E-state index contributed by atoms with van der Waals surface area (Å²) in [4.78, 5) is 49.0. The van der Waals surface area contributed by atoms with Crippen LogP contribution < -0.4 is 9.64 Å². The number of rotatable bonds is 11. The number of aliphatic hydroxyl groups is 1. The molecule has 4 aliphatic rings.